The van der Waals surface area contributed by atoms with E-state index in [0.717, 1.165) is 27.8 Å². The number of hydrogen-bond acceptors (Lipinski definition) is 5. The summed E-state index contributed by atoms with van der Waals surface area (Å²) in [5.41, 5.74) is 3.41. The average molecular weight is 500 g/mol. The fourth-order valence-electron chi connectivity index (χ4n) is 5.32. The first-order valence-corrected chi connectivity index (χ1v) is 12.4. The minimum absolute atomic E-state index is 0.0121. The summed E-state index contributed by atoms with van der Waals surface area (Å²) in [5.74, 6) is 0.658. The molecule has 1 aliphatic heterocycles. The molecule has 190 valence electrons. The molecule has 0 saturated carbocycles. The number of ether oxygens (including phenoxy) is 3. The molecule has 37 heavy (non-hydrogen) atoms. The van der Waals surface area contributed by atoms with Crippen molar-refractivity contribution in [3.63, 3.8) is 0 Å². The zero-order chi connectivity index (χ0) is 25.9. The molecule has 1 aliphatic rings. The zero-order valence-electron chi connectivity index (χ0n) is 21.2. The molecule has 0 spiro atoms. The molecule has 0 unspecified atom stereocenters. The SMILES string of the molecule is COC(=O)c1cccc([C@H]2C[C@H](CN[C@H](C)c3ccc(F)c4ccccc34)Oc3ccccc32)c1OC. The second-order valence-corrected chi connectivity index (χ2v) is 9.30. The molecule has 0 aromatic heterocycles. The minimum Gasteiger partial charge on any atom is -0.496 e. The maximum Gasteiger partial charge on any atom is 0.341 e. The van der Waals surface area contributed by atoms with E-state index in [4.69, 9.17) is 14.2 Å². The van der Waals surface area contributed by atoms with Crippen molar-refractivity contribution in [2.75, 3.05) is 20.8 Å². The van der Waals surface area contributed by atoms with E-state index >= 15 is 0 Å². The quantitative estimate of drug-likeness (QED) is 0.298. The van der Waals surface area contributed by atoms with Crippen LogP contribution in [0, 0.1) is 5.82 Å². The lowest BCUT2D eigenvalue weighted by molar-refractivity contribution is 0.0596. The van der Waals surface area contributed by atoms with Gasteiger partial charge in [-0.05, 0) is 42.5 Å². The van der Waals surface area contributed by atoms with Crippen LogP contribution in [0.1, 0.15) is 52.4 Å². The molecule has 0 amide bonds. The molecular formula is C31H30FNO4. The third-order valence-corrected chi connectivity index (χ3v) is 7.14. The normalized spacial score (nSPS) is 17.5. The van der Waals surface area contributed by atoms with Crippen LogP contribution in [0.2, 0.25) is 0 Å². The van der Waals surface area contributed by atoms with Gasteiger partial charge in [-0.2, -0.15) is 0 Å². The summed E-state index contributed by atoms with van der Waals surface area (Å²) in [6.45, 7) is 2.67. The highest BCUT2D eigenvalue weighted by molar-refractivity contribution is 5.93. The van der Waals surface area contributed by atoms with Crippen molar-refractivity contribution in [2.24, 2.45) is 0 Å². The first-order chi connectivity index (χ1) is 18.0. The zero-order valence-corrected chi connectivity index (χ0v) is 21.2. The molecule has 5 nitrogen and oxygen atoms in total. The standard InChI is InChI=1S/C31H30FNO4/c1-19(21-15-16-28(32)23-10-5-4-9-22(21)23)33-18-20-17-27(24-11-6-7-14-29(24)37-20)25-12-8-13-26(30(25)35-2)31(34)36-3/h4-16,19-20,27,33H,17-18H2,1-3H3/t19-,20-,27+/m1/s1. The molecule has 0 saturated heterocycles. The number of methoxy groups -OCH3 is 2. The minimum atomic E-state index is -0.433. The Hall–Kier alpha value is -3.90. The topological polar surface area (TPSA) is 56.8 Å². The van der Waals surface area contributed by atoms with Crippen LogP contribution in [0.3, 0.4) is 0 Å². The van der Waals surface area contributed by atoms with Gasteiger partial charge >= 0.3 is 5.97 Å². The summed E-state index contributed by atoms with van der Waals surface area (Å²) in [5, 5.41) is 5.12. The van der Waals surface area contributed by atoms with Crippen LogP contribution in [-0.2, 0) is 4.74 Å². The monoisotopic (exact) mass is 499 g/mol. The van der Waals surface area contributed by atoms with Crippen LogP contribution in [-0.4, -0.2) is 32.8 Å². The first kappa shape index (κ1) is 24.8. The van der Waals surface area contributed by atoms with E-state index in [1.807, 2.05) is 60.7 Å². The summed E-state index contributed by atoms with van der Waals surface area (Å²) >= 11 is 0. The Balaban J connectivity index is 1.42. The van der Waals surface area contributed by atoms with Crippen molar-refractivity contribution in [3.8, 4) is 11.5 Å². The van der Waals surface area contributed by atoms with E-state index in [-0.39, 0.29) is 23.9 Å². The van der Waals surface area contributed by atoms with Crippen molar-refractivity contribution in [1.82, 2.24) is 5.32 Å². The highest BCUT2D eigenvalue weighted by Gasteiger charge is 2.32. The van der Waals surface area contributed by atoms with Crippen LogP contribution in [0.25, 0.3) is 10.8 Å². The Morgan fingerprint density at radius 1 is 0.973 bits per heavy atom. The molecule has 1 heterocycles. The number of rotatable bonds is 7. The highest BCUT2D eigenvalue weighted by Crippen LogP contribution is 2.44. The Morgan fingerprint density at radius 2 is 1.70 bits per heavy atom. The molecule has 1 N–H and O–H groups in total. The van der Waals surface area contributed by atoms with Gasteiger partial charge in [-0.1, -0.05) is 60.7 Å². The fraction of sp³-hybridized carbons (Fsp3) is 0.258. The average Bonchev–Trinajstić information content (AvgIpc) is 2.95. The molecule has 6 heteroatoms. The summed E-state index contributed by atoms with van der Waals surface area (Å²) in [6.07, 6.45) is 0.572. The predicted molar refractivity (Wildman–Crippen MR) is 142 cm³/mol. The maximum absolute atomic E-state index is 14.3. The largest absolute Gasteiger partial charge is 0.496 e. The number of para-hydroxylation sites is 2. The van der Waals surface area contributed by atoms with Crippen molar-refractivity contribution in [1.29, 1.82) is 0 Å². The predicted octanol–water partition coefficient (Wildman–Crippen LogP) is 6.41. The van der Waals surface area contributed by atoms with Gasteiger partial charge in [-0.15, -0.1) is 0 Å². The first-order valence-electron chi connectivity index (χ1n) is 12.4. The van der Waals surface area contributed by atoms with Gasteiger partial charge in [-0.25, -0.2) is 9.18 Å². The van der Waals surface area contributed by atoms with E-state index in [1.54, 1.807) is 13.2 Å². The second kappa shape index (κ2) is 10.6. The number of hydrogen-bond donors (Lipinski definition) is 1. The number of halogens is 1. The molecule has 0 bridgehead atoms. The molecule has 0 fully saturated rings. The lowest BCUT2D eigenvalue weighted by Crippen LogP contribution is -2.37. The van der Waals surface area contributed by atoms with Gasteiger partial charge in [0, 0.05) is 35.0 Å². The van der Waals surface area contributed by atoms with Gasteiger partial charge in [0.25, 0.3) is 0 Å². The summed E-state index contributed by atoms with van der Waals surface area (Å²) in [4.78, 5) is 12.4. The number of carbonyl (C=O) groups excluding carboxylic acids is 1. The molecule has 4 aromatic rings. The molecule has 3 atom stereocenters. The smallest absolute Gasteiger partial charge is 0.341 e. The number of carbonyl (C=O) groups is 1. The van der Waals surface area contributed by atoms with Gasteiger partial charge in [0.1, 0.15) is 29.0 Å². The van der Waals surface area contributed by atoms with Gasteiger partial charge in [0.05, 0.1) is 14.2 Å². The van der Waals surface area contributed by atoms with Crippen molar-refractivity contribution < 1.29 is 23.4 Å². The van der Waals surface area contributed by atoms with Gasteiger partial charge in [0.2, 0.25) is 0 Å². The molecule has 5 rings (SSSR count). The third-order valence-electron chi connectivity index (χ3n) is 7.14. The summed E-state index contributed by atoms with van der Waals surface area (Å²) in [7, 11) is 2.94. The Morgan fingerprint density at radius 3 is 2.49 bits per heavy atom. The Bertz CT molecular complexity index is 1440. The van der Waals surface area contributed by atoms with Gasteiger partial charge < -0.3 is 19.5 Å². The van der Waals surface area contributed by atoms with Gasteiger partial charge in [-0.3, -0.25) is 0 Å². The number of esters is 1. The number of fused-ring (bicyclic) bond motifs is 2. The molecule has 0 aliphatic carbocycles. The summed E-state index contributed by atoms with van der Waals surface area (Å²) in [6, 6.07) is 24.5. The van der Waals surface area contributed by atoms with Crippen molar-refractivity contribution in [2.45, 2.75) is 31.4 Å². The van der Waals surface area contributed by atoms with Crippen LogP contribution < -0.4 is 14.8 Å². The number of nitrogens with one attached hydrogen (secondary N) is 1. The fourth-order valence-corrected chi connectivity index (χ4v) is 5.32. The highest BCUT2D eigenvalue weighted by atomic mass is 19.1. The van der Waals surface area contributed by atoms with Crippen molar-refractivity contribution in [3.05, 3.63) is 107 Å². The van der Waals surface area contributed by atoms with Gasteiger partial charge in [0.15, 0.2) is 0 Å². The number of benzene rings is 4. The van der Waals surface area contributed by atoms with Crippen LogP contribution >= 0.6 is 0 Å². The summed E-state index contributed by atoms with van der Waals surface area (Å²) < 4.78 is 31.4. The van der Waals surface area contributed by atoms with Crippen LogP contribution in [0.4, 0.5) is 4.39 Å². The third kappa shape index (κ3) is 4.77. The lowest BCUT2D eigenvalue weighted by atomic mass is 9.83. The van der Waals surface area contributed by atoms with Crippen LogP contribution in [0.5, 0.6) is 11.5 Å². The van der Waals surface area contributed by atoms with E-state index in [1.165, 1.54) is 13.2 Å². The molecular weight excluding hydrogens is 469 g/mol. The second-order valence-electron chi connectivity index (χ2n) is 9.30. The molecule has 4 aromatic carbocycles. The Labute approximate surface area is 216 Å². The Kier molecular flexibility index (Phi) is 7.10. The van der Waals surface area contributed by atoms with E-state index in [9.17, 15) is 9.18 Å². The van der Waals surface area contributed by atoms with E-state index in [2.05, 4.69) is 18.3 Å². The lowest BCUT2D eigenvalue weighted by Gasteiger charge is -2.34. The van der Waals surface area contributed by atoms with E-state index < -0.39 is 5.97 Å². The maximum atomic E-state index is 14.3. The van der Waals surface area contributed by atoms with Crippen molar-refractivity contribution >= 4 is 16.7 Å². The van der Waals surface area contributed by atoms with Crippen LogP contribution in [0.15, 0.2) is 78.9 Å². The van der Waals surface area contributed by atoms with E-state index in [0.29, 0.717) is 29.7 Å². The molecule has 0 radical (unpaired) electrons.